The summed E-state index contributed by atoms with van der Waals surface area (Å²) >= 11 is 2.75. The zero-order valence-corrected chi connectivity index (χ0v) is 22.7. The molecular formula is C31H29NO4S2. The van der Waals surface area contributed by atoms with Crippen molar-refractivity contribution in [3.63, 3.8) is 0 Å². The van der Waals surface area contributed by atoms with Crippen molar-refractivity contribution >= 4 is 40.1 Å². The van der Waals surface area contributed by atoms with Gasteiger partial charge in [-0.15, -0.1) is 0 Å². The van der Waals surface area contributed by atoms with Gasteiger partial charge >= 0.3 is 5.97 Å². The summed E-state index contributed by atoms with van der Waals surface area (Å²) in [4.78, 5) is 38.8. The fourth-order valence-corrected chi connectivity index (χ4v) is 5.67. The molecule has 0 saturated heterocycles. The molecule has 0 spiro atoms. The lowest BCUT2D eigenvalue weighted by molar-refractivity contribution is -0.145. The van der Waals surface area contributed by atoms with Gasteiger partial charge in [-0.1, -0.05) is 96.7 Å². The second-order valence-electron chi connectivity index (χ2n) is 8.85. The lowest BCUT2D eigenvalue weighted by Gasteiger charge is -2.21. The molecule has 0 saturated carbocycles. The van der Waals surface area contributed by atoms with Gasteiger partial charge in [-0.2, -0.15) is 11.3 Å². The first-order chi connectivity index (χ1) is 18.5. The minimum Gasteiger partial charge on any atom is -0.467 e. The van der Waals surface area contributed by atoms with Gasteiger partial charge in [0.25, 0.3) is 0 Å². The molecule has 0 aliphatic rings. The molecule has 5 nitrogen and oxygen atoms in total. The third-order valence-electron chi connectivity index (χ3n) is 6.17. The number of amides is 1. The fraction of sp³-hybridized carbons (Fsp3) is 0.194. The van der Waals surface area contributed by atoms with E-state index in [-0.39, 0.29) is 16.8 Å². The largest absolute Gasteiger partial charge is 0.467 e. The Morgan fingerprint density at radius 1 is 0.816 bits per heavy atom. The van der Waals surface area contributed by atoms with Crippen molar-refractivity contribution in [3.05, 3.63) is 118 Å². The maximum Gasteiger partial charge on any atom is 0.328 e. The summed E-state index contributed by atoms with van der Waals surface area (Å²) < 4.78 is 5.01. The SMILES string of the molecule is COC(=O)[C@H](Cc1ccc(-c2ccsc2)cc1)NC(=O)[C@@H](CSC(=O)c1ccccc1)Cc1ccccc1. The lowest BCUT2D eigenvalue weighted by Crippen LogP contribution is -2.46. The maximum absolute atomic E-state index is 13.5. The van der Waals surface area contributed by atoms with Gasteiger partial charge in [0.05, 0.1) is 13.0 Å². The highest BCUT2D eigenvalue weighted by Gasteiger charge is 2.27. The van der Waals surface area contributed by atoms with E-state index in [2.05, 4.69) is 16.8 Å². The number of rotatable bonds is 11. The standard InChI is InChI=1S/C31H29NO4S2/c1-36-30(34)28(19-23-12-14-24(15-13-23)26-16-17-37-20-26)32-29(33)27(18-22-8-4-2-5-9-22)21-38-31(35)25-10-6-3-7-11-25/h2-17,20,27-28H,18-19,21H2,1H3,(H,32,33)/t27-,28+/m1/s1. The second-order valence-corrected chi connectivity index (χ2v) is 10.6. The number of thioether (sulfide) groups is 1. The number of carbonyl (C=O) groups is 3. The van der Waals surface area contributed by atoms with Crippen LogP contribution in [0.2, 0.25) is 0 Å². The van der Waals surface area contributed by atoms with Crippen molar-refractivity contribution in [1.82, 2.24) is 5.32 Å². The van der Waals surface area contributed by atoms with Gasteiger partial charge in [0.2, 0.25) is 11.0 Å². The Balaban J connectivity index is 1.46. The molecule has 0 unspecified atom stereocenters. The van der Waals surface area contributed by atoms with Crippen LogP contribution in [0.1, 0.15) is 21.5 Å². The highest BCUT2D eigenvalue weighted by Crippen LogP contribution is 2.23. The Morgan fingerprint density at radius 2 is 1.47 bits per heavy atom. The molecule has 1 amide bonds. The topological polar surface area (TPSA) is 72.5 Å². The minimum atomic E-state index is -0.840. The maximum atomic E-state index is 13.5. The van der Waals surface area contributed by atoms with Crippen LogP contribution >= 0.6 is 23.1 Å². The van der Waals surface area contributed by atoms with Crippen molar-refractivity contribution in [2.24, 2.45) is 5.92 Å². The molecule has 7 heteroatoms. The zero-order valence-electron chi connectivity index (χ0n) is 21.0. The summed E-state index contributed by atoms with van der Waals surface area (Å²) in [7, 11) is 1.32. The predicted octanol–water partition coefficient (Wildman–Crippen LogP) is 6.05. The number of hydrogen-bond donors (Lipinski definition) is 1. The Labute approximate surface area is 231 Å². The van der Waals surface area contributed by atoms with Crippen LogP contribution in [0.25, 0.3) is 11.1 Å². The summed E-state index contributed by atoms with van der Waals surface area (Å²) in [6, 6.07) is 27.9. The van der Waals surface area contributed by atoms with Crippen molar-refractivity contribution in [2.75, 3.05) is 12.9 Å². The van der Waals surface area contributed by atoms with Crippen LogP contribution in [0.15, 0.2) is 102 Å². The molecule has 0 radical (unpaired) electrons. The van der Waals surface area contributed by atoms with Gasteiger partial charge in [0.1, 0.15) is 6.04 Å². The van der Waals surface area contributed by atoms with Gasteiger partial charge in [0.15, 0.2) is 0 Å². The molecular weight excluding hydrogens is 514 g/mol. The quantitative estimate of drug-likeness (QED) is 0.233. The Morgan fingerprint density at radius 3 is 2.11 bits per heavy atom. The van der Waals surface area contributed by atoms with Crippen LogP contribution < -0.4 is 5.32 Å². The van der Waals surface area contributed by atoms with Crippen LogP contribution in [0, 0.1) is 5.92 Å². The molecule has 0 aliphatic heterocycles. The van der Waals surface area contributed by atoms with Crippen LogP contribution in [0.4, 0.5) is 0 Å². The van der Waals surface area contributed by atoms with E-state index >= 15 is 0 Å². The minimum absolute atomic E-state index is 0.0910. The average Bonchev–Trinajstić information content (AvgIpc) is 3.51. The first-order valence-corrected chi connectivity index (χ1v) is 14.2. The lowest BCUT2D eigenvalue weighted by atomic mass is 9.98. The Bertz CT molecular complexity index is 1320. The molecule has 38 heavy (non-hydrogen) atoms. The second kappa shape index (κ2) is 13.7. The van der Waals surface area contributed by atoms with E-state index in [1.807, 2.05) is 78.2 Å². The molecule has 0 fully saturated rings. The number of methoxy groups -OCH3 is 1. The van der Waals surface area contributed by atoms with E-state index in [4.69, 9.17) is 4.74 Å². The zero-order chi connectivity index (χ0) is 26.7. The number of benzene rings is 3. The monoisotopic (exact) mass is 543 g/mol. The number of esters is 1. The van der Waals surface area contributed by atoms with E-state index < -0.39 is 17.9 Å². The smallest absolute Gasteiger partial charge is 0.328 e. The van der Waals surface area contributed by atoms with Crippen molar-refractivity contribution in [2.45, 2.75) is 18.9 Å². The van der Waals surface area contributed by atoms with Gasteiger partial charge in [-0.3, -0.25) is 9.59 Å². The molecule has 4 aromatic rings. The fourth-order valence-electron chi connectivity index (χ4n) is 4.08. The number of ether oxygens (including phenoxy) is 1. The summed E-state index contributed by atoms with van der Waals surface area (Å²) in [6.45, 7) is 0. The molecule has 2 atom stereocenters. The number of nitrogens with one attached hydrogen (secondary N) is 1. The van der Waals surface area contributed by atoms with Crippen molar-refractivity contribution in [1.29, 1.82) is 0 Å². The van der Waals surface area contributed by atoms with E-state index in [0.29, 0.717) is 18.4 Å². The van der Waals surface area contributed by atoms with Crippen molar-refractivity contribution in [3.8, 4) is 11.1 Å². The molecule has 0 aliphatic carbocycles. The van der Waals surface area contributed by atoms with Gasteiger partial charge in [0, 0.05) is 17.7 Å². The summed E-state index contributed by atoms with van der Waals surface area (Å²) in [5.74, 6) is -1.01. The number of carbonyl (C=O) groups excluding carboxylic acids is 3. The Kier molecular flexibility index (Phi) is 9.90. The third-order valence-corrected chi connectivity index (χ3v) is 7.92. The van der Waals surface area contributed by atoms with Crippen LogP contribution in [-0.4, -0.2) is 35.9 Å². The van der Waals surface area contributed by atoms with Gasteiger partial charge in [-0.05, 0) is 45.5 Å². The molecule has 1 N–H and O–H groups in total. The van der Waals surface area contributed by atoms with Crippen LogP contribution in [0.5, 0.6) is 0 Å². The highest BCUT2D eigenvalue weighted by molar-refractivity contribution is 8.14. The van der Waals surface area contributed by atoms with Crippen LogP contribution in [0.3, 0.4) is 0 Å². The van der Waals surface area contributed by atoms with Gasteiger partial charge < -0.3 is 10.1 Å². The molecule has 0 bridgehead atoms. The van der Waals surface area contributed by atoms with E-state index in [9.17, 15) is 14.4 Å². The number of thiophene rings is 1. The highest BCUT2D eigenvalue weighted by atomic mass is 32.2. The van der Waals surface area contributed by atoms with E-state index in [1.165, 1.54) is 7.11 Å². The van der Waals surface area contributed by atoms with Crippen molar-refractivity contribution < 1.29 is 19.1 Å². The van der Waals surface area contributed by atoms with Gasteiger partial charge in [-0.25, -0.2) is 4.79 Å². The average molecular weight is 544 g/mol. The molecule has 1 aromatic heterocycles. The third kappa shape index (κ3) is 7.66. The Hall–Kier alpha value is -3.68. The summed E-state index contributed by atoms with van der Waals surface area (Å²) in [5.41, 5.74) is 4.73. The summed E-state index contributed by atoms with van der Waals surface area (Å²) in [6.07, 6.45) is 0.751. The predicted molar refractivity (Wildman–Crippen MR) is 154 cm³/mol. The number of hydrogen-bond acceptors (Lipinski definition) is 6. The van der Waals surface area contributed by atoms with Crippen LogP contribution in [-0.2, 0) is 27.2 Å². The normalized spacial score (nSPS) is 12.3. The molecule has 1 heterocycles. The molecule has 4 rings (SSSR count). The molecule has 3 aromatic carbocycles. The first kappa shape index (κ1) is 27.4. The summed E-state index contributed by atoms with van der Waals surface area (Å²) in [5, 5.41) is 6.93. The van der Waals surface area contributed by atoms with E-state index in [0.717, 1.165) is 34.0 Å². The molecule has 194 valence electrons. The van der Waals surface area contributed by atoms with E-state index in [1.54, 1.807) is 23.5 Å². The first-order valence-electron chi connectivity index (χ1n) is 12.3.